The molecule has 7 heteroatoms. The van der Waals surface area contributed by atoms with Gasteiger partial charge in [-0.25, -0.2) is 4.90 Å². The van der Waals surface area contributed by atoms with Crippen molar-refractivity contribution in [2.24, 2.45) is 11.0 Å². The van der Waals surface area contributed by atoms with Gasteiger partial charge in [0, 0.05) is 11.4 Å². The first-order valence-electron chi connectivity index (χ1n) is 8.47. The van der Waals surface area contributed by atoms with E-state index < -0.39 is 17.9 Å². The molecule has 0 aliphatic carbocycles. The largest absolute Gasteiger partial charge is 0.293 e. The number of fused-ring (bicyclic) bond motifs is 1. The fourth-order valence-electron chi connectivity index (χ4n) is 3.46. The predicted octanol–water partition coefficient (Wildman–Crippen LogP) is 3.08. The second-order valence-corrected chi connectivity index (χ2v) is 7.55. The topological polar surface area (TPSA) is 70.1 Å². The van der Waals surface area contributed by atoms with Gasteiger partial charge in [-0.15, -0.1) is 0 Å². The molecule has 0 N–H and O–H groups in total. The van der Waals surface area contributed by atoms with Gasteiger partial charge in [0.15, 0.2) is 5.78 Å². The molecular weight excluding hydrogens is 410 g/mol. The Morgan fingerprint density at radius 1 is 0.963 bits per heavy atom. The van der Waals surface area contributed by atoms with Crippen molar-refractivity contribution >= 4 is 50.6 Å². The number of ketones is 1. The molecule has 6 nitrogen and oxygen atoms in total. The third-order valence-electron chi connectivity index (χ3n) is 4.79. The molecular formula is C20H16BrN3O3. The van der Waals surface area contributed by atoms with Gasteiger partial charge < -0.3 is 0 Å². The molecule has 0 saturated carbocycles. The third kappa shape index (κ3) is 2.78. The van der Waals surface area contributed by atoms with Gasteiger partial charge in [-0.3, -0.25) is 19.4 Å². The fraction of sp³-hybridized carbons (Fsp3) is 0.200. The number of anilines is 2. The van der Waals surface area contributed by atoms with Crippen molar-refractivity contribution in [3.63, 3.8) is 0 Å². The SMILES string of the molecule is CC(=O)C1=NN(c2ccc(Br)cc2)[C@@H]2C(=O)N(c3ccc(C)cc3)C(=O)[C@@H]12. The molecule has 2 amide bonds. The highest BCUT2D eigenvalue weighted by Crippen LogP contribution is 2.38. The number of nitrogens with zero attached hydrogens (tertiary/aromatic N) is 3. The van der Waals surface area contributed by atoms with E-state index in [-0.39, 0.29) is 17.4 Å². The maximum absolute atomic E-state index is 13.2. The van der Waals surface area contributed by atoms with E-state index in [1.807, 2.05) is 31.2 Å². The summed E-state index contributed by atoms with van der Waals surface area (Å²) in [5.74, 6) is -1.99. The minimum atomic E-state index is -0.889. The van der Waals surface area contributed by atoms with Crippen LogP contribution in [0.5, 0.6) is 0 Å². The Bertz CT molecular complexity index is 983. The molecule has 1 saturated heterocycles. The average Bonchev–Trinajstić information content (AvgIpc) is 3.15. The predicted molar refractivity (Wildman–Crippen MR) is 106 cm³/mol. The number of aryl methyl sites for hydroxylation is 1. The summed E-state index contributed by atoms with van der Waals surface area (Å²) >= 11 is 3.38. The number of rotatable bonds is 3. The van der Waals surface area contributed by atoms with Gasteiger partial charge in [-0.1, -0.05) is 33.6 Å². The van der Waals surface area contributed by atoms with Crippen molar-refractivity contribution in [1.29, 1.82) is 0 Å². The van der Waals surface area contributed by atoms with E-state index in [0.29, 0.717) is 11.4 Å². The van der Waals surface area contributed by atoms with Crippen LogP contribution < -0.4 is 9.91 Å². The third-order valence-corrected chi connectivity index (χ3v) is 5.32. The van der Waals surface area contributed by atoms with E-state index in [0.717, 1.165) is 14.9 Å². The van der Waals surface area contributed by atoms with E-state index >= 15 is 0 Å². The molecule has 4 rings (SSSR count). The van der Waals surface area contributed by atoms with Crippen molar-refractivity contribution < 1.29 is 14.4 Å². The molecule has 0 spiro atoms. The maximum atomic E-state index is 13.2. The van der Waals surface area contributed by atoms with E-state index in [1.54, 1.807) is 24.3 Å². The summed E-state index contributed by atoms with van der Waals surface area (Å²) in [7, 11) is 0. The van der Waals surface area contributed by atoms with E-state index in [1.165, 1.54) is 11.9 Å². The van der Waals surface area contributed by atoms with Crippen LogP contribution in [0.1, 0.15) is 12.5 Å². The van der Waals surface area contributed by atoms with Crippen LogP contribution >= 0.6 is 15.9 Å². The van der Waals surface area contributed by atoms with Crippen LogP contribution in [0.25, 0.3) is 0 Å². The van der Waals surface area contributed by atoms with Crippen LogP contribution in [-0.2, 0) is 14.4 Å². The van der Waals surface area contributed by atoms with Gasteiger partial charge in [0.25, 0.3) is 5.91 Å². The zero-order chi connectivity index (χ0) is 19.3. The van der Waals surface area contributed by atoms with E-state index in [4.69, 9.17) is 0 Å². The maximum Gasteiger partial charge on any atom is 0.259 e. The van der Waals surface area contributed by atoms with Gasteiger partial charge >= 0.3 is 0 Å². The van der Waals surface area contributed by atoms with Crippen molar-refractivity contribution in [2.45, 2.75) is 19.9 Å². The Morgan fingerprint density at radius 2 is 1.56 bits per heavy atom. The lowest BCUT2D eigenvalue weighted by Crippen LogP contribution is -2.39. The van der Waals surface area contributed by atoms with Gasteiger partial charge in [0.1, 0.15) is 17.7 Å². The van der Waals surface area contributed by atoms with E-state index in [9.17, 15) is 14.4 Å². The standard InChI is InChI=1S/C20H16BrN3O3/c1-11-3-7-14(8-4-11)23-19(26)16-17(12(2)25)22-24(18(16)20(23)27)15-9-5-13(21)6-10-15/h3-10,16,18H,1-2H3/t16-,18-/m0/s1. The first-order chi connectivity index (χ1) is 12.9. The van der Waals surface area contributed by atoms with Crippen LogP contribution in [0.15, 0.2) is 58.1 Å². The molecule has 2 atom stereocenters. The highest BCUT2D eigenvalue weighted by atomic mass is 79.9. The monoisotopic (exact) mass is 425 g/mol. The number of imide groups is 1. The number of amides is 2. The summed E-state index contributed by atoms with van der Waals surface area (Å²) in [5.41, 5.74) is 2.30. The molecule has 0 unspecified atom stereocenters. The highest BCUT2D eigenvalue weighted by molar-refractivity contribution is 9.10. The molecule has 1 fully saturated rings. The van der Waals surface area contributed by atoms with Gasteiger partial charge in [-0.05, 0) is 43.3 Å². The Labute approximate surface area is 164 Å². The first-order valence-corrected chi connectivity index (χ1v) is 9.26. The lowest BCUT2D eigenvalue weighted by molar-refractivity contribution is -0.122. The summed E-state index contributed by atoms with van der Waals surface area (Å²) in [4.78, 5) is 39.5. The van der Waals surface area contributed by atoms with Crippen LogP contribution in [0.2, 0.25) is 0 Å². The highest BCUT2D eigenvalue weighted by Gasteiger charge is 2.58. The van der Waals surface area contributed by atoms with Gasteiger partial charge in [-0.2, -0.15) is 5.10 Å². The molecule has 27 heavy (non-hydrogen) atoms. The van der Waals surface area contributed by atoms with Crippen molar-refractivity contribution in [1.82, 2.24) is 0 Å². The molecule has 136 valence electrons. The second-order valence-electron chi connectivity index (χ2n) is 6.63. The average molecular weight is 426 g/mol. The minimum absolute atomic E-state index is 0.121. The minimum Gasteiger partial charge on any atom is -0.293 e. The zero-order valence-corrected chi connectivity index (χ0v) is 16.3. The summed E-state index contributed by atoms with van der Waals surface area (Å²) in [6, 6.07) is 13.5. The van der Waals surface area contributed by atoms with Crippen LogP contribution in [0.4, 0.5) is 11.4 Å². The molecule has 0 bridgehead atoms. The molecule has 2 aromatic carbocycles. The fourth-order valence-corrected chi connectivity index (χ4v) is 3.72. The second kappa shape index (κ2) is 6.42. The van der Waals surface area contributed by atoms with E-state index in [2.05, 4.69) is 21.0 Å². The first kappa shape index (κ1) is 17.6. The van der Waals surface area contributed by atoms with Gasteiger partial charge in [0.2, 0.25) is 5.91 Å². The van der Waals surface area contributed by atoms with Gasteiger partial charge in [0.05, 0.1) is 11.4 Å². The lowest BCUT2D eigenvalue weighted by Gasteiger charge is -2.22. The number of hydrazone groups is 1. The molecule has 0 aromatic heterocycles. The Morgan fingerprint density at radius 3 is 2.15 bits per heavy atom. The number of halogens is 1. The summed E-state index contributed by atoms with van der Waals surface area (Å²) in [6.07, 6.45) is 0. The van der Waals surface area contributed by atoms with Crippen molar-refractivity contribution in [2.75, 3.05) is 9.91 Å². The smallest absolute Gasteiger partial charge is 0.259 e. The Kier molecular flexibility index (Phi) is 4.19. The van der Waals surface area contributed by atoms with Crippen molar-refractivity contribution in [3.8, 4) is 0 Å². The summed E-state index contributed by atoms with van der Waals surface area (Å²) in [5, 5.41) is 5.82. The molecule has 2 heterocycles. The summed E-state index contributed by atoms with van der Waals surface area (Å²) < 4.78 is 0.882. The zero-order valence-electron chi connectivity index (χ0n) is 14.7. The lowest BCUT2D eigenvalue weighted by atomic mass is 9.95. The Balaban J connectivity index is 1.79. The normalized spacial score (nSPS) is 21.5. The molecule has 2 aliphatic heterocycles. The number of hydrogen-bond donors (Lipinski definition) is 0. The number of carbonyl (C=O) groups excluding carboxylic acids is 3. The molecule has 0 radical (unpaired) electrons. The number of Topliss-reactive ketones (excluding diaryl/α,β-unsaturated/α-hetero) is 1. The van der Waals surface area contributed by atoms with Crippen LogP contribution in [0, 0.1) is 12.8 Å². The number of benzene rings is 2. The molecule has 2 aliphatic rings. The van der Waals surface area contributed by atoms with Crippen molar-refractivity contribution in [3.05, 3.63) is 58.6 Å². The number of carbonyl (C=O) groups is 3. The summed E-state index contributed by atoms with van der Waals surface area (Å²) in [6.45, 7) is 3.30. The number of hydrogen-bond acceptors (Lipinski definition) is 5. The van der Waals surface area contributed by atoms with Crippen LogP contribution in [0.3, 0.4) is 0 Å². The molecule has 2 aromatic rings. The van der Waals surface area contributed by atoms with Crippen LogP contribution in [-0.4, -0.2) is 29.4 Å². The quantitative estimate of drug-likeness (QED) is 0.708. The Hall–Kier alpha value is -2.80.